The fourth-order valence-electron chi connectivity index (χ4n) is 5.81. The predicted molar refractivity (Wildman–Crippen MR) is 256 cm³/mol. The van der Waals surface area contributed by atoms with Crippen LogP contribution in [0.3, 0.4) is 0 Å². The van der Waals surface area contributed by atoms with Gasteiger partial charge in [0, 0.05) is 6.42 Å². The van der Waals surface area contributed by atoms with Gasteiger partial charge in [0.25, 0.3) is 7.82 Å². The number of allylic oxidation sites excluding steroid dienone is 17. The zero-order valence-corrected chi connectivity index (χ0v) is 39.5. The average Bonchev–Trinajstić information content (AvgIpc) is 3.20. The highest BCUT2D eigenvalue weighted by atomic mass is 31.2. The van der Waals surface area contributed by atoms with Crippen LogP contribution in [-0.4, -0.2) is 68.5 Å². The maximum Gasteiger partial charge on any atom is 0.268 e. The summed E-state index contributed by atoms with van der Waals surface area (Å²) in [5, 5.41) is 13.6. The molecular weight excluding hydrogens is 768 g/mol. The summed E-state index contributed by atoms with van der Waals surface area (Å²) in [6.45, 7) is 4.42. The molecular formula is C51H87N2O6P. The van der Waals surface area contributed by atoms with Gasteiger partial charge in [0.15, 0.2) is 0 Å². The van der Waals surface area contributed by atoms with Gasteiger partial charge in [0.2, 0.25) is 5.91 Å². The van der Waals surface area contributed by atoms with Crippen molar-refractivity contribution in [2.24, 2.45) is 0 Å². The molecule has 0 spiro atoms. The van der Waals surface area contributed by atoms with E-state index in [4.69, 9.17) is 9.05 Å². The molecule has 0 radical (unpaired) electrons. The lowest BCUT2D eigenvalue weighted by molar-refractivity contribution is -0.870. The summed E-state index contributed by atoms with van der Waals surface area (Å²) in [5.41, 5.74) is 0. The summed E-state index contributed by atoms with van der Waals surface area (Å²) < 4.78 is 23.1. The van der Waals surface area contributed by atoms with Crippen LogP contribution in [0.2, 0.25) is 0 Å². The van der Waals surface area contributed by atoms with E-state index >= 15 is 0 Å². The van der Waals surface area contributed by atoms with Crippen molar-refractivity contribution in [2.45, 2.75) is 167 Å². The Kier molecular flexibility index (Phi) is 39.5. The number of hydrogen-bond acceptors (Lipinski definition) is 6. The summed E-state index contributed by atoms with van der Waals surface area (Å²) in [7, 11) is 1.22. The maximum atomic E-state index is 12.8. The van der Waals surface area contributed by atoms with Gasteiger partial charge in [-0.1, -0.05) is 175 Å². The second-order valence-electron chi connectivity index (χ2n) is 16.4. The van der Waals surface area contributed by atoms with E-state index in [1.54, 1.807) is 6.08 Å². The van der Waals surface area contributed by atoms with Gasteiger partial charge in [-0.05, 0) is 83.5 Å². The minimum absolute atomic E-state index is 0.0110. The Labute approximate surface area is 368 Å². The maximum absolute atomic E-state index is 12.8. The molecule has 3 atom stereocenters. The van der Waals surface area contributed by atoms with Crippen molar-refractivity contribution in [3.63, 3.8) is 0 Å². The first-order chi connectivity index (χ1) is 29.0. The van der Waals surface area contributed by atoms with Gasteiger partial charge in [0.05, 0.1) is 39.9 Å². The van der Waals surface area contributed by atoms with Crippen molar-refractivity contribution in [2.75, 3.05) is 40.9 Å². The number of rotatable bonds is 40. The number of aliphatic hydroxyl groups excluding tert-OH is 1. The van der Waals surface area contributed by atoms with Crippen molar-refractivity contribution in [3.8, 4) is 0 Å². The number of phosphoric ester groups is 1. The summed E-state index contributed by atoms with van der Waals surface area (Å²) >= 11 is 0. The predicted octanol–water partition coefficient (Wildman–Crippen LogP) is 12.7. The normalized spacial score (nSPS) is 15.2. The number of nitrogens with one attached hydrogen (secondary N) is 1. The van der Waals surface area contributed by atoms with Gasteiger partial charge >= 0.3 is 0 Å². The van der Waals surface area contributed by atoms with Crippen LogP contribution in [0, 0.1) is 0 Å². The van der Waals surface area contributed by atoms with E-state index in [-0.39, 0.29) is 12.5 Å². The highest BCUT2D eigenvalue weighted by Crippen LogP contribution is 2.38. The van der Waals surface area contributed by atoms with Crippen LogP contribution in [-0.2, 0) is 18.4 Å². The lowest BCUT2D eigenvalue weighted by Crippen LogP contribution is -2.45. The number of aliphatic hydroxyl groups is 1. The van der Waals surface area contributed by atoms with Gasteiger partial charge < -0.3 is 28.8 Å². The van der Waals surface area contributed by atoms with E-state index in [1.807, 2.05) is 27.2 Å². The van der Waals surface area contributed by atoms with Crippen molar-refractivity contribution in [1.82, 2.24) is 5.32 Å². The number of amides is 1. The zero-order chi connectivity index (χ0) is 44.3. The fourth-order valence-corrected chi connectivity index (χ4v) is 6.53. The minimum Gasteiger partial charge on any atom is -0.756 e. The van der Waals surface area contributed by atoms with Crippen LogP contribution in [0.5, 0.6) is 0 Å². The Hall–Kier alpha value is -2.84. The van der Waals surface area contributed by atoms with Crippen molar-refractivity contribution in [3.05, 3.63) is 109 Å². The lowest BCUT2D eigenvalue weighted by Gasteiger charge is -2.29. The third kappa shape index (κ3) is 43.3. The lowest BCUT2D eigenvalue weighted by atomic mass is 10.1. The van der Waals surface area contributed by atoms with Crippen LogP contribution >= 0.6 is 7.82 Å². The summed E-state index contributed by atoms with van der Waals surface area (Å²) in [4.78, 5) is 25.2. The molecule has 0 aromatic heterocycles. The Morgan fingerprint density at radius 1 is 0.600 bits per heavy atom. The van der Waals surface area contributed by atoms with Crippen molar-refractivity contribution < 1.29 is 32.9 Å². The zero-order valence-electron chi connectivity index (χ0n) is 38.6. The van der Waals surface area contributed by atoms with Crippen LogP contribution < -0.4 is 10.2 Å². The molecule has 0 bridgehead atoms. The standard InChI is InChI=1S/C51H87N2O6P/c1-6-8-10-12-14-15-16-17-18-19-20-21-22-23-24-25-26-27-28-29-30-31-32-33-34-35-36-37-39-41-43-45-51(55)52-49(50(54)44-42-40-38-13-11-9-7-2)48-59-60(56,57)58-47-46-53(3,4)5/h8,10,14-15,17-18,20-21,23-24,26-27,29-30,32-33,42,44,49-50,54H,6-7,9,11-13,16,19,22,25,28,31,34-41,43,45-48H2,1-5H3,(H-,52,55,56,57)/b10-8-,15-14-,18-17-,21-20-,24-23-,27-26-,30-29-,33-32-,44-42+. The van der Waals surface area contributed by atoms with E-state index in [0.29, 0.717) is 17.4 Å². The highest BCUT2D eigenvalue weighted by Gasteiger charge is 2.23. The highest BCUT2D eigenvalue weighted by molar-refractivity contribution is 7.45. The molecule has 1 amide bonds. The van der Waals surface area contributed by atoms with Crippen LogP contribution in [0.15, 0.2) is 109 Å². The molecule has 0 aromatic carbocycles. The number of carbonyl (C=O) groups is 1. The number of nitrogens with zero attached hydrogens (tertiary/aromatic N) is 1. The summed E-state index contributed by atoms with van der Waals surface area (Å²) in [6, 6.07) is -0.899. The molecule has 0 fully saturated rings. The van der Waals surface area contributed by atoms with Crippen LogP contribution in [0.4, 0.5) is 0 Å². The molecule has 0 aliphatic heterocycles. The quantitative estimate of drug-likeness (QED) is 0.0275. The van der Waals surface area contributed by atoms with Gasteiger partial charge in [0.1, 0.15) is 13.2 Å². The van der Waals surface area contributed by atoms with E-state index in [0.717, 1.165) is 116 Å². The smallest absolute Gasteiger partial charge is 0.268 e. The van der Waals surface area contributed by atoms with Gasteiger partial charge in [-0.2, -0.15) is 0 Å². The summed E-state index contributed by atoms with van der Waals surface area (Å²) in [5.74, 6) is -0.223. The van der Waals surface area contributed by atoms with E-state index < -0.39 is 26.6 Å². The Bertz CT molecular complexity index is 1340. The largest absolute Gasteiger partial charge is 0.756 e. The Morgan fingerprint density at radius 3 is 1.48 bits per heavy atom. The van der Waals surface area contributed by atoms with E-state index in [2.05, 4.69) is 116 Å². The molecule has 9 heteroatoms. The monoisotopic (exact) mass is 855 g/mol. The second kappa shape index (κ2) is 41.5. The Balaban J connectivity index is 4.17. The molecule has 0 saturated heterocycles. The van der Waals surface area contributed by atoms with Gasteiger partial charge in [-0.3, -0.25) is 9.36 Å². The molecule has 3 unspecified atom stereocenters. The Morgan fingerprint density at radius 2 is 1.02 bits per heavy atom. The van der Waals surface area contributed by atoms with Gasteiger partial charge in [-0.25, -0.2) is 0 Å². The molecule has 0 aliphatic rings. The molecule has 0 aromatic rings. The number of hydrogen-bond donors (Lipinski definition) is 2. The number of phosphoric acid groups is 1. The molecule has 342 valence electrons. The molecule has 0 aliphatic carbocycles. The van der Waals surface area contributed by atoms with Gasteiger partial charge in [-0.15, -0.1) is 0 Å². The molecule has 60 heavy (non-hydrogen) atoms. The third-order valence-corrected chi connectivity index (χ3v) is 10.5. The fraction of sp³-hybridized carbons (Fsp3) is 0.627. The third-order valence-electron chi connectivity index (χ3n) is 9.49. The molecule has 8 nitrogen and oxygen atoms in total. The first-order valence-corrected chi connectivity index (χ1v) is 24.7. The SMILES string of the molecule is CC/C=C\C/C=C\C/C=C\C/C=C\C/C=C\C/C=C\C/C=C\C/C=C\CCCCCCCCC(=O)NC(COP(=O)([O-])OCC[N+](C)(C)C)C(O)/C=C/CCCCCCC. The summed E-state index contributed by atoms with van der Waals surface area (Å²) in [6.07, 6.45) is 60.2. The first-order valence-electron chi connectivity index (χ1n) is 23.2. The van der Waals surface area contributed by atoms with Crippen LogP contribution in [0.1, 0.15) is 155 Å². The minimum atomic E-state index is -4.59. The molecule has 2 N–H and O–H groups in total. The van der Waals surface area contributed by atoms with Crippen molar-refractivity contribution >= 4 is 13.7 Å². The van der Waals surface area contributed by atoms with E-state index in [9.17, 15) is 19.4 Å². The second-order valence-corrected chi connectivity index (χ2v) is 17.8. The molecule has 0 heterocycles. The van der Waals surface area contributed by atoms with Crippen LogP contribution in [0.25, 0.3) is 0 Å². The average molecular weight is 855 g/mol. The topological polar surface area (TPSA) is 108 Å². The molecule has 0 saturated carbocycles. The van der Waals surface area contributed by atoms with Crippen molar-refractivity contribution in [1.29, 1.82) is 0 Å². The number of quaternary nitrogens is 1. The first kappa shape index (κ1) is 57.2. The number of carbonyl (C=O) groups excluding carboxylic acids is 1. The number of unbranched alkanes of at least 4 members (excludes halogenated alkanes) is 11. The molecule has 0 rings (SSSR count). The number of likely N-dealkylation sites (N-methyl/N-ethyl adjacent to an activating group) is 1. The van der Waals surface area contributed by atoms with E-state index in [1.165, 1.54) is 19.3 Å².